The Labute approximate surface area is 176 Å². The highest BCUT2D eigenvalue weighted by atomic mass is 16.1. The Morgan fingerprint density at radius 3 is 2.60 bits per heavy atom. The van der Waals surface area contributed by atoms with Crippen LogP contribution in [0.15, 0.2) is 66.7 Å². The Hall–Kier alpha value is -3.18. The van der Waals surface area contributed by atoms with Gasteiger partial charge in [-0.3, -0.25) is 4.79 Å². The molecule has 1 fully saturated rings. The van der Waals surface area contributed by atoms with Crippen LogP contribution in [0.25, 0.3) is 21.8 Å². The maximum Gasteiger partial charge on any atom is 0.251 e. The third-order valence-electron chi connectivity index (χ3n) is 6.11. The van der Waals surface area contributed by atoms with Crippen molar-refractivity contribution in [2.24, 2.45) is 0 Å². The first-order valence-corrected chi connectivity index (χ1v) is 10.7. The summed E-state index contributed by atoms with van der Waals surface area (Å²) in [5.41, 5.74) is 2.88. The molecule has 2 heterocycles. The number of aromatic nitrogens is 2. The van der Waals surface area contributed by atoms with Crippen molar-refractivity contribution in [2.75, 3.05) is 26.2 Å². The number of piperidine rings is 1. The minimum atomic E-state index is -0.00193. The molecule has 5 rings (SSSR count). The Kier molecular flexibility index (Phi) is 5.20. The number of likely N-dealkylation sites (tertiary alicyclic amines) is 1. The SMILES string of the molecule is O=C(NCCN1CCC(c2nc3ccccc3[nH]2)CC1)c1ccc2ccccc2c1. The van der Waals surface area contributed by atoms with Crippen LogP contribution < -0.4 is 5.32 Å². The highest BCUT2D eigenvalue weighted by molar-refractivity contribution is 5.98. The number of nitrogens with one attached hydrogen (secondary N) is 2. The first kappa shape index (κ1) is 18.8. The van der Waals surface area contributed by atoms with Crippen molar-refractivity contribution in [2.45, 2.75) is 18.8 Å². The van der Waals surface area contributed by atoms with Crippen molar-refractivity contribution < 1.29 is 4.79 Å². The summed E-state index contributed by atoms with van der Waals surface area (Å²) >= 11 is 0. The van der Waals surface area contributed by atoms with Crippen molar-refractivity contribution in [1.29, 1.82) is 0 Å². The molecule has 0 aliphatic carbocycles. The number of hydrogen-bond acceptors (Lipinski definition) is 3. The van der Waals surface area contributed by atoms with Crippen LogP contribution in [0.3, 0.4) is 0 Å². The van der Waals surface area contributed by atoms with Gasteiger partial charge in [-0.15, -0.1) is 0 Å². The van der Waals surface area contributed by atoms with Gasteiger partial charge in [0.1, 0.15) is 5.82 Å². The number of imidazole rings is 1. The fourth-order valence-electron chi connectivity index (χ4n) is 4.36. The molecule has 1 aliphatic rings. The zero-order chi connectivity index (χ0) is 20.3. The Morgan fingerprint density at radius 1 is 1.00 bits per heavy atom. The molecular formula is C25H26N4O. The highest BCUT2D eigenvalue weighted by Crippen LogP contribution is 2.27. The molecule has 5 heteroatoms. The van der Waals surface area contributed by atoms with Crippen LogP contribution >= 0.6 is 0 Å². The predicted molar refractivity (Wildman–Crippen MR) is 121 cm³/mol. The molecule has 0 saturated carbocycles. The first-order chi connectivity index (χ1) is 14.8. The second-order valence-electron chi connectivity index (χ2n) is 8.07. The quantitative estimate of drug-likeness (QED) is 0.526. The minimum absolute atomic E-state index is 0.00193. The number of para-hydroxylation sites is 2. The Morgan fingerprint density at radius 2 is 1.77 bits per heavy atom. The summed E-state index contributed by atoms with van der Waals surface area (Å²) in [5.74, 6) is 1.60. The van der Waals surface area contributed by atoms with E-state index in [0.29, 0.717) is 12.5 Å². The molecule has 1 aromatic heterocycles. The summed E-state index contributed by atoms with van der Waals surface area (Å²) in [6, 6.07) is 22.2. The lowest BCUT2D eigenvalue weighted by Crippen LogP contribution is -2.39. The van der Waals surface area contributed by atoms with Crippen molar-refractivity contribution >= 4 is 27.7 Å². The molecule has 1 aliphatic heterocycles. The highest BCUT2D eigenvalue weighted by Gasteiger charge is 2.23. The van der Waals surface area contributed by atoms with Crippen LogP contribution in [0.5, 0.6) is 0 Å². The number of carbonyl (C=O) groups is 1. The second-order valence-corrected chi connectivity index (χ2v) is 8.07. The third-order valence-corrected chi connectivity index (χ3v) is 6.11. The molecule has 4 aromatic rings. The molecule has 0 unspecified atom stereocenters. The molecule has 1 amide bonds. The summed E-state index contributed by atoms with van der Waals surface area (Å²) in [5, 5.41) is 5.32. The second kappa shape index (κ2) is 8.28. The molecule has 1 saturated heterocycles. The lowest BCUT2D eigenvalue weighted by atomic mass is 9.96. The van der Waals surface area contributed by atoms with E-state index in [9.17, 15) is 4.79 Å². The summed E-state index contributed by atoms with van der Waals surface area (Å²) in [6.45, 7) is 3.62. The molecule has 5 nitrogen and oxygen atoms in total. The van der Waals surface area contributed by atoms with Crippen molar-refractivity contribution in [3.05, 3.63) is 78.1 Å². The number of aromatic amines is 1. The summed E-state index contributed by atoms with van der Waals surface area (Å²) in [4.78, 5) is 23.2. The predicted octanol–water partition coefficient (Wildman–Crippen LogP) is 4.33. The number of rotatable bonds is 5. The summed E-state index contributed by atoms with van der Waals surface area (Å²) in [7, 11) is 0. The van der Waals surface area contributed by atoms with Crippen LogP contribution in [-0.2, 0) is 0 Å². The van der Waals surface area contributed by atoms with Gasteiger partial charge in [-0.1, -0.05) is 42.5 Å². The van der Waals surface area contributed by atoms with Gasteiger partial charge in [0.2, 0.25) is 0 Å². The molecule has 3 aromatic carbocycles. The monoisotopic (exact) mass is 398 g/mol. The lowest BCUT2D eigenvalue weighted by Gasteiger charge is -2.31. The van der Waals surface area contributed by atoms with Crippen molar-refractivity contribution in [1.82, 2.24) is 20.2 Å². The van der Waals surface area contributed by atoms with E-state index in [1.165, 1.54) is 0 Å². The number of nitrogens with zero attached hydrogens (tertiary/aromatic N) is 2. The van der Waals surface area contributed by atoms with Gasteiger partial charge in [0.25, 0.3) is 5.91 Å². The van der Waals surface area contributed by atoms with Gasteiger partial charge in [0, 0.05) is 24.6 Å². The number of hydrogen-bond donors (Lipinski definition) is 2. The summed E-state index contributed by atoms with van der Waals surface area (Å²) < 4.78 is 0. The maximum absolute atomic E-state index is 12.5. The van der Waals surface area contributed by atoms with Gasteiger partial charge in [0.15, 0.2) is 0 Å². The molecule has 0 radical (unpaired) electrons. The van der Waals surface area contributed by atoms with Crippen molar-refractivity contribution in [3.8, 4) is 0 Å². The first-order valence-electron chi connectivity index (χ1n) is 10.7. The topological polar surface area (TPSA) is 61.0 Å². The van der Waals surface area contributed by atoms with Crippen LogP contribution in [0.2, 0.25) is 0 Å². The van der Waals surface area contributed by atoms with Gasteiger partial charge in [0.05, 0.1) is 11.0 Å². The van der Waals surface area contributed by atoms with E-state index in [-0.39, 0.29) is 5.91 Å². The Bertz CT molecular complexity index is 1140. The number of amides is 1. The molecule has 2 N–H and O–H groups in total. The third kappa shape index (κ3) is 3.94. The minimum Gasteiger partial charge on any atom is -0.351 e. The number of fused-ring (bicyclic) bond motifs is 2. The van der Waals surface area contributed by atoms with E-state index in [1.807, 2.05) is 48.5 Å². The zero-order valence-corrected chi connectivity index (χ0v) is 17.0. The van der Waals surface area contributed by atoms with Crippen LogP contribution in [0.4, 0.5) is 0 Å². The standard InChI is InChI=1S/C25H26N4O/c30-25(21-10-9-18-5-1-2-6-20(18)17-21)26-13-16-29-14-11-19(12-15-29)24-27-22-7-3-4-8-23(22)28-24/h1-10,17,19H,11-16H2,(H,26,30)(H,27,28). The lowest BCUT2D eigenvalue weighted by molar-refractivity contribution is 0.0946. The fraction of sp³-hybridized carbons (Fsp3) is 0.280. The average Bonchev–Trinajstić information content (AvgIpc) is 3.23. The van der Waals surface area contributed by atoms with E-state index in [1.54, 1.807) is 0 Å². The van der Waals surface area contributed by atoms with E-state index >= 15 is 0 Å². The fourth-order valence-corrected chi connectivity index (χ4v) is 4.36. The molecule has 0 bridgehead atoms. The van der Waals surface area contributed by atoms with E-state index < -0.39 is 0 Å². The molecule has 0 spiro atoms. The smallest absolute Gasteiger partial charge is 0.251 e. The average molecular weight is 399 g/mol. The van der Waals surface area contributed by atoms with Crippen LogP contribution in [0.1, 0.15) is 34.9 Å². The van der Waals surface area contributed by atoms with Gasteiger partial charge in [-0.25, -0.2) is 4.98 Å². The van der Waals surface area contributed by atoms with Gasteiger partial charge in [-0.05, 0) is 61.0 Å². The van der Waals surface area contributed by atoms with E-state index in [4.69, 9.17) is 4.98 Å². The van der Waals surface area contributed by atoms with Gasteiger partial charge < -0.3 is 15.2 Å². The van der Waals surface area contributed by atoms with Crippen molar-refractivity contribution in [3.63, 3.8) is 0 Å². The van der Waals surface area contributed by atoms with Gasteiger partial charge >= 0.3 is 0 Å². The van der Waals surface area contributed by atoms with E-state index in [0.717, 1.165) is 65.7 Å². The normalized spacial score (nSPS) is 15.6. The number of H-pyrrole nitrogens is 1. The molecule has 0 atom stereocenters. The summed E-state index contributed by atoms with van der Waals surface area (Å²) in [6.07, 6.45) is 2.19. The number of carbonyl (C=O) groups excluding carboxylic acids is 1. The zero-order valence-electron chi connectivity index (χ0n) is 17.0. The van der Waals surface area contributed by atoms with Crippen LogP contribution in [-0.4, -0.2) is 47.0 Å². The largest absolute Gasteiger partial charge is 0.351 e. The van der Waals surface area contributed by atoms with Crippen LogP contribution in [0, 0.1) is 0 Å². The Balaban J connectivity index is 1.11. The van der Waals surface area contributed by atoms with Gasteiger partial charge in [-0.2, -0.15) is 0 Å². The number of benzene rings is 3. The molecular weight excluding hydrogens is 372 g/mol. The maximum atomic E-state index is 12.5. The molecule has 152 valence electrons. The van der Waals surface area contributed by atoms with E-state index in [2.05, 4.69) is 33.4 Å². The molecule has 30 heavy (non-hydrogen) atoms.